The van der Waals surface area contributed by atoms with Crippen LogP contribution >= 0.6 is 11.8 Å². The van der Waals surface area contributed by atoms with Crippen molar-refractivity contribution in [3.05, 3.63) is 72.1 Å². The van der Waals surface area contributed by atoms with E-state index in [9.17, 15) is 13.2 Å². The van der Waals surface area contributed by atoms with E-state index in [1.165, 1.54) is 16.1 Å². The summed E-state index contributed by atoms with van der Waals surface area (Å²) in [6.07, 6.45) is 5.53. The average Bonchev–Trinajstić information content (AvgIpc) is 3.27. The molecule has 0 aliphatic heterocycles. The van der Waals surface area contributed by atoms with Gasteiger partial charge < -0.3 is 5.32 Å². The molecule has 0 saturated carbocycles. The maximum atomic E-state index is 12.6. The Kier molecular flexibility index (Phi) is 7.53. The van der Waals surface area contributed by atoms with E-state index in [0.29, 0.717) is 25.2 Å². The molecular formula is C22H26N4O3S2. The van der Waals surface area contributed by atoms with Crippen LogP contribution in [-0.4, -0.2) is 47.5 Å². The SMILES string of the molecule is CCN(CC)S(=O)(=O)c1ccc(CNC(=O)c2cccc(-n3ccnc3SC)c2)cc1. The number of hydrogen-bond acceptors (Lipinski definition) is 5. The third-order valence-electron chi connectivity index (χ3n) is 4.90. The summed E-state index contributed by atoms with van der Waals surface area (Å²) in [5.41, 5.74) is 2.22. The summed E-state index contributed by atoms with van der Waals surface area (Å²) in [4.78, 5) is 17.2. The molecule has 0 spiro atoms. The van der Waals surface area contributed by atoms with E-state index < -0.39 is 10.0 Å². The quantitative estimate of drug-likeness (QED) is 0.496. The fourth-order valence-corrected chi connectivity index (χ4v) is 5.20. The molecular weight excluding hydrogens is 432 g/mol. The van der Waals surface area contributed by atoms with Gasteiger partial charge in [-0.2, -0.15) is 4.31 Å². The molecule has 0 atom stereocenters. The monoisotopic (exact) mass is 458 g/mol. The Labute approximate surface area is 187 Å². The summed E-state index contributed by atoms with van der Waals surface area (Å²) >= 11 is 1.53. The number of rotatable bonds is 9. The Bertz CT molecular complexity index is 1140. The maximum Gasteiger partial charge on any atom is 0.251 e. The third kappa shape index (κ3) is 5.17. The van der Waals surface area contributed by atoms with Crippen LogP contribution in [0, 0.1) is 0 Å². The summed E-state index contributed by atoms with van der Waals surface area (Å²) in [7, 11) is -3.49. The number of thioether (sulfide) groups is 1. The van der Waals surface area contributed by atoms with Gasteiger partial charge in [0.25, 0.3) is 5.91 Å². The van der Waals surface area contributed by atoms with E-state index >= 15 is 0 Å². The topological polar surface area (TPSA) is 84.3 Å². The third-order valence-corrected chi connectivity index (χ3v) is 7.63. The van der Waals surface area contributed by atoms with Gasteiger partial charge in [-0.15, -0.1) is 0 Å². The lowest BCUT2D eigenvalue weighted by molar-refractivity contribution is 0.0951. The van der Waals surface area contributed by atoms with Crippen LogP contribution in [0.2, 0.25) is 0 Å². The standard InChI is InChI=1S/C22H26N4O3S2/c1-4-25(5-2)31(28,29)20-11-9-17(10-12-20)16-24-21(27)18-7-6-8-19(15-18)26-14-13-23-22(26)30-3/h6-15H,4-5,16H2,1-3H3,(H,24,27). The van der Waals surface area contributed by atoms with Gasteiger partial charge in [0.05, 0.1) is 4.90 Å². The molecule has 2 aromatic carbocycles. The van der Waals surface area contributed by atoms with Crippen LogP contribution in [0.5, 0.6) is 0 Å². The average molecular weight is 459 g/mol. The predicted molar refractivity (Wildman–Crippen MR) is 123 cm³/mol. The molecule has 0 bridgehead atoms. The van der Waals surface area contributed by atoms with E-state index in [1.54, 1.807) is 36.5 Å². The molecule has 31 heavy (non-hydrogen) atoms. The fraction of sp³-hybridized carbons (Fsp3) is 0.273. The van der Waals surface area contributed by atoms with Crippen molar-refractivity contribution in [2.24, 2.45) is 0 Å². The fourth-order valence-electron chi connectivity index (χ4n) is 3.21. The maximum absolute atomic E-state index is 12.6. The molecule has 7 nitrogen and oxygen atoms in total. The minimum Gasteiger partial charge on any atom is -0.348 e. The van der Waals surface area contributed by atoms with Crippen molar-refractivity contribution in [3.63, 3.8) is 0 Å². The van der Waals surface area contributed by atoms with E-state index in [-0.39, 0.29) is 10.8 Å². The van der Waals surface area contributed by atoms with E-state index in [0.717, 1.165) is 16.4 Å². The molecule has 9 heteroatoms. The molecule has 164 valence electrons. The lowest BCUT2D eigenvalue weighted by atomic mass is 10.1. The van der Waals surface area contributed by atoms with Gasteiger partial charge in [-0.1, -0.05) is 43.8 Å². The van der Waals surface area contributed by atoms with Crippen LogP contribution in [-0.2, 0) is 16.6 Å². The molecule has 3 rings (SSSR count). The summed E-state index contributed by atoms with van der Waals surface area (Å²) in [5.74, 6) is -0.201. The molecule has 0 aliphatic rings. The van der Waals surface area contributed by atoms with E-state index in [2.05, 4.69) is 10.3 Å². The smallest absolute Gasteiger partial charge is 0.251 e. The lowest BCUT2D eigenvalue weighted by Gasteiger charge is -2.18. The molecule has 0 aliphatic carbocycles. The minimum absolute atomic E-state index is 0.201. The van der Waals surface area contributed by atoms with Gasteiger partial charge in [-0.3, -0.25) is 9.36 Å². The van der Waals surface area contributed by atoms with Crippen molar-refractivity contribution in [2.45, 2.75) is 30.4 Å². The number of sulfonamides is 1. The molecule has 1 amide bonds. The largest absolute Gasteiger partial charge is 0.348 e. The molecule has 0 fully saturated rings. The minimum atomic E-state index is -3.49. The summed E-state index contributed by atoms with van der Waals surface area (Å²) in [6.45, 7) is 4.78. The van der Waals surface area contributed by atoms with Gasteiger partial charge in [0.2, 0.25) is 10.0 Å². The van der Waals surface area contributed by atoms with Gasteiger partial charge >= 0.3 is 0 Å². The van der Waals surface area contributed by atoms with Crippen molar-refractivity contribution < 1.29 is 13.2 Å². The number of hydrogen-bond donors (Lipinski definition) is 1. The molecule has 3 aromatic rings. The van der Waals surface area contributed by atoms with Crippen LogP contribution in [0.15, 0.2) is 71.0 Å². The van der Waals surface area contributed by atoms with Gasteiger partial charge in [0.15, 0.2) is 5.16 Å². The van der Waals surface area contributed by atoms with Gasteiger partial charge in [-0.25, -0.2) is 13.4 Å². The Balaban J connectivity index is 1.68. The van der Waals surface area contributed by atoms with Gasteiger partial charge in [-0.05, 0) is 42.2 Å². The first-order valence-corrected chi connectivity index (χ1v) is 12.6. The Hall–Kier alpha value is -2.62. The number of amides is 1. The second-order valence-electron chi connectivity index (χ2n) is 6.75. The van der Waals surface area contributed by atoms with Crippen LogP contribution < -0.4 is 5.32 Å². The Morgan fingerprint density at radius 3 is 2.48 bits per heavy atom. The molecule has 0 saturated heterocycles. The highest BCUT2D eigenvalue weighted by Gasteiger charge is 2.21. The van der Waals surface area contributed by atoms with Crippen molar-refractivity contribution in [1.29, 1.82) is 0 Å². The number of aromatic nitrogens is 2. The van der Waals surface area contributed by atoms with Crippen LogP contribution in [0.3, 0.4) is 0 Å². The summed E-state index contributed by atoms with van der Waals surface area (Å²) in [6, 6.07) is 13.9. The number of nitrogens with zero attached hydrogens (tertiary/aromatic N) is 3. The second-order valence-corrected chi connectivity index (χ2v) is 9.46. The number of carbonyl (C=O) groups is 1. The van der Waals surface area contributed by atoms with E-state index in [4.69, 9.17) is 0 Å². The normalized spacial score (nSPS) is 11.6. The first-order valence-electron chi connectivity index (χ1n) is 9.95. The highest BCUT2D eigenvalue weighted by molar-refractivity contribution is 7.98. The van der Waals surface area contributed by atoms with Crippen LogP contribution in [0.25, 0.3) is 5.69 Å². The zero-order valence-electron chi connectivity index (χ0n) is 17.8. The molecule has 1 heterocycles. The van der Waals surface area contributed by atoms with Crippen molar-refractivity contribution in [1.82, 2.24) is 19.2 Å². The van der Waals surface area contributed by atoms with Crippen molar-refractivity contribution in [2.75, 3.05) is 19.3 Å². The first kappa shape index (κ1) is 23.1. The highest BCUT2D eigenvalue weighted by Crippen LogP contribution is 2.19. The van der Waals surface area contributed by atoms with Crippen LogP contribution in [0.1, 0.15) is 29.8 Å². The molecule has 0 unspecified atom stereocenters. The highest BCUT2D eigenvalue weighted by atomic mass is 32.2. The van der Waals surface area contributed by atoms with Crippen molar-refractivity contribution in [3.8, 4) is 5.69 Å². The summed E-state index contributed by atoms with van der Waals surface area (Å²) < 4.78 is 28.5. The Morgan fingerprint density at radius 1 is 1.13 bits per heavy atom. The van der Waals surface area contributed by atoms with Crippen molar-refractivity contribution >= 4 is 27.7 Å². The van der Waals surface area contributed by atoms with Gasteiger partial charge in [0.1, 0.15) is 0 Å². The number of carbonyl (C=O) groups excluding carboxylic acids is 1. The second kappa shape index (κ2) is 10.1. The zero-order chi connectivity index (χ0) is 22.4. The predicted octanol–water partition coefficient (Wildman–Crippen LogP) is 3.55. The molecule has 1 N–H and O–H groups in total. The number of benzene rings is 2. The zero-order valence-corrected chi connectivity index (χ0v) is 19.4. The molecule has 0 radical (unpaired) electrons. The lowest BCUT2D eigenvalue weighted by Crippen LogP contribution is -2.30. The first-order chi connectivity index (χ1) is 14.9. The summed E-state index contributed by atoms with van der Waals surface area (Å²) in [5, 5.41) is 3.74. The molecule has 1 aromatic heterocycles. The van der Waals surface area contributed by atoms with Crippen LogP contribution in [0.4, 0.5) is 0 Å². The number of imidazole rings is 1. The van der Waals surface area contributed by atoms with Gasteiger partial charge in [0, 0.05) is 43.3 Å². The number of nitrogens with one attached hydrogen (secondary N) is 1. The Morgan fingerprint density at radius 2 is 1.84 bits per heavy atom. The van der Waals surface area contributed by atoms with E-state index in [1.807, 2.05) is 49.1 Å².